The highest BCUT2D eigenvalue weighted by Gasteiger charge is 2.46. The van der Waals surface area contributed by atoms with Crippen molar-refractivity contribution in [1.29, 1.82) is 0 Å². The van der Waals surface area contributed by atoms with E-state index in [2.05, 4.69) is 200 Å². The second-order valence-corrected chi connectivity index (χ2v) is 14.3. The SMILES string of the molecule is c1ccc(C2(c3ccccc3)c3ccccc3-c3c2ccc2cccc(-c4nc(-c5ccc6ccccc6c5)nc(-c5cccc6ccccc56)n4)c32)cc1. The van der Waals surface area contributed by atoms with Crippen molar-refractivity contribution < 1.29 is 0 Å². The van der Waals surface area contributed by atoms with Crippen molar-refractivity contribution in [3.8, 4) is 45.3 Å². The molecular formula is C52H33N3. The summed E-state index contributed by atoms with van der Waals surface area (Å²) in [7, 11) is 0. The summed E-state index contributed by atoms with van der Waals surface area (Å²) >= 11 is 0. The van der Waals surface area contributed by atoms with Gasteiger partial charge in [-0.05, 0) is 66.4 Å². The molecule has 3 nitrogen and oxygen atoms in total. The van der Waals surface area contributed by atoms with Crippen LogP contribution < -0.4 is 0 Å². The second kappa shape index (κ2) is 12.4. The molecule has 1 aliphatic rings. The maximum Gasteiger partial charge on any atom is 0.164 e. The lowest BCUT2D eigenvalue weighted by Crippen LogP contribution is -2.28. The van der Waals surface area contributed by atoms with E-state index in [1.54, 1.807) is 0 Å². The van der Waals surface area contributed by atoms with E-state index >= 15 is 0 Å². The van der Waals surface area contributed by atoms with Crippen molar-refractivity contribution in [1.82, 2.24) is 15.0 Å². The van der Waals surface area contributed by atoms with E-state index in [1.165, 1.54) is 38.8 Å². The molecule has 0 fully saturated rings. The standard InChI is InChI=1S/C52H33N3/c1-3-20-39(21-4-1)52(40-22-5-2-6-23-40)45-28-12-11-25-43(45)48-46(52)32-31-36-19-14-27-44(47(36)48)51-54-49(38-30-29-34-15-7-8-17-37(34)33-38)53-50(55-51)42-26-13-18-35-16-9-10-24-41(35)42/h1-33H. The fraction of sp³-hybridized carbons (Fsp3) is 0.0192. The highest BCUT2D eigenvalue weighted by atomic mass is 15.0. The Balaban J connectivity index is 1.23. The largest absolute Gasteiger partial charge is 0.208 e. The van der Waals surface area contributed by atoms with Gasteiger partial charge in [-0.1, -0.05) is 194 Å². The van der Waals surface area contributed by atoms with Gasteiger partial charge in [-0.25, -0.2) is 15.0 Å². The summed E-state index contributed by atoms with van der Waals surface area (Å²) in [6, 6.07) is 71.7. The molecule has 1 aliphatic carbocycles. The Hall–Kier alpha value is -7.23. The highest BCUT2D eigenvalue weighted by molar-refractivity contribution is 6.10. The molecule has 0 bridgehead atoms. The van der Waals surface area contributed by atoms with Crippen molar-refractivity contribution in [2.45, 2.75) is 5.41 Å². The number of rotatable bonds is 5. The Bertz CT molecular complexity index is 3050. The van der Waals surface area contributed by atoms with Gasteiger partial charge < -0.3 is 0 Å². The smallest absolute Gasteiger partial charge is 0.164 e. The van der Waals surface area contributed by atoms with Gasteiger partial charge in [-0.15, -0.1) is 0 Å². The van der Waals surface area contributed by atoms with E-state index in [-0.39, 0.29) is 0 Å². The van der Waals surface area contributed by atoms with Crippen molar-refractivity contribution in [3.63, 3.8) is 0 Å². The minimum Gasteiger partial charge on any atom is -0.208 e. The lowest BCUT2D eigenvalue weighted by atomic mass is 9.67. The number of hydrogen-bond donors (Lipinski definition) is 0. The first-order valence-electron chi connectivity index (χ1n) is 18.8. The molecule has 256 valence electrons. The summed E-state index contributed by atoms with van der Waals surface area (Å²) in [5, 5.41) is 6.86. The van der Waals surface area contributed by atoms with E-state index in [9.17, 15) is 0 Å². The van der Waals surface area contributed by atoms with Crippen LogP contribution in [0.3, 0.4) is 0 Å². The third-order valence-corrected chi connectivity index (χ3v) is 11.4. The average molecular weight is 700 g/mol. The van der Waals surface area contributed by atoms with E-state index < -0.39 is 5.41 Å². The molecule has 9 aromatic carbocycles. The lowest BCUT2D eigenvalue weighted by Gasteiger charge is -2.34. The molecule has 1 aromatic heterocycles. The minimum absolute atomic E-state index is 0.515. The summed E-state index contributed by atoms with van der Waals surface area (Å²) < 4.78 is 0. The van der Waals surface area contributed by atoms with Gasteiger partial charge in [0.1, 0.15) is 0 Å². The van der Waals surface area contributed by atoms with Crippen molar-refractivity contribution in [2.75, 3.05) is 0 Å². The average Bonchev–Trinajstić information content (AvgIpc) is 3.57. The van der Waals surface area contributed by atoms with Crippen molar-refractivity contribution in [3.05, 3.63) is 222 Å². The van der Waals surface area contributed by atoms with Gasteiger partial charge in [-0.3, -0.25) is 0 Å². The summed E-state index contributed by atoms with van der Waals surface area (Å²) in [5.41, 5.74) is 9.84. The Morgan fingerprint density at radius 3 is 1.65 bits per heavy atom. The lowest BCUT2D eigenvalue weighted by molar-refractivity contribution is 0.769. The molecule has 3 heteroatoms. The van der Waals surface area contributed by atoms with Crippen LogP contribution in [0.25, 0.3) is 77.6 Å². The topological polar surface area (TPSA) is 38.7 Å². The fourth-order valence-corrected chi connectivity index (χ4v) is 8.99. The normalized spacial score (nSPS) is 12.9. The molecule has 10 aromatic rings. The van der Waals surface area contributed by atoms with Crippen LogP contribution in [0.4, 0.5) is 0 Å². The first kappa shape index (κ1) is 31.3. The zero-order valence-corrected chi connectivity index (χ0v) is 29.9. The van der Waals surface area contributed by atoms with Gasteiger partial charge in [0, 0.05) is 22.1 Å². The molecule has 0 N–H and O–H groups in total. The van der Waals surface area contributed by atoms with Crippen LogP contribution in [-0.2, 0) is 5.41 Å². The van der Waals surface area contributed by atoms with Crippen LogP contribution in [0.1, 0.15) is 22.3 Å². The summed E-state index contributed by atoms with van der Waals surface area (Å²) in [4.78, 5) is 15.9. The molecule has 55 heavy (non-hydrogen) atoms. The molecule has 0 atom stereocenters. The van der Waals surface area contributed by atoms with E-state index in [1.807, 2.05) is 0 Å². The minimum atomic E-state index is -0.515. The molecule has 1 heterocycles. The monoisotopic (exact) mass is 699 g/mol. The molecule has 0 spiro atoms. The second-order valence-electron chi connectivity index (χ2n) is 14.3. The summed E-state index contributed by atoms with van der Waals surface area (Å²) in [6.45, 7) is 0. The van der Waals surface area contributed by atoms with Crippen LogP contribution in [0.5, 0.6) is 0 Å². The predicted octanol–water partition coefficient (Wildman–Crippen LogP) is 12.7. The Morgan fingerprint density at radius 1 is 0.327 bits per heavy atom. The van der Waals surface area contributed by atoms with Gasteiger partial charge >= 0.3 is 0 Å². The third kappa shape index (κ3) is 4.80. The van der Waals surface area contributed by atoms with Crippen molar-refractivity contribution in [2.24, 2.45) is 0 Å². The van der Waals surface area contributed by atoms with E-state index in [0.717, 1.165) is 43.6 Å². The number of aromatic nitrogens is 3. The van der Waals surface area contributed by atoms with Crippen LogP contribution in [0.15, 0.2) is 200 Å². The quantitative estimate of drug-likeness (QED) is 0.179. The first-order valence-corrected chi connectivity index (χ1v) is 18.8. The van der Waals surface area contributed by atoms with Crippen LogP contribution in [-0.4, -0.2) is 15.0 Å². The molecular weight excluding hydrogens is 667 g/mol. The zero-order chi connectivity index (χ0) is 36.3. The Kier molecular flexibility index (Phi) is 7.08. The third-order valence-electron chi connectivity index (χ3n) is 11.4. The molecule has 0 unspecified atom stereocenters. The number of nitrogens with zero attached hydrogens (tertiary/aromatic N) is 3. The van der Waals surface area contributed by atoms with Gasteiger partial charge in [-0.2, -0.15) is 0 Å². The maximum atomic E-state index is 5.37. The predicted molar refractivity (Wildman–Crippen MR) is 226 cm³/mol. The maximum absolute atomic E-state index is 5.37. The number of fused-ring (bicyclic) bond motifs is 7. The molecule has 11 rings (SSSR count). The Morgan fingerprint density at radius 2 is 0.873 bits per heavy atom. The summed E-state index contributed by atoms with van der Waals surface area (Å²) in [5.74, 6) is 1.94. The van der Waals surface area contributed by atoms with Gasteiger partial charge in [0.05, 0.1) is 5.41 Å². The zero-order valence-electron chi connectivity index (χ0n) is 29.9. The summed E-state index contributed by atoms with van der Waals surface area (Å²) in [6.07, 6.45) is 0. The van der Waals surface area contributed by atoms with E-state index in [0.29, 0.717) is 17.5 Å². The molecule has 0 amide bonds. The van der Waals surface area contributed by atoms with E-state index in [4.69, 9.17) is 15.0 Å². The molecule has 0 aliphatic heterocycles. The van der Waals surface area contributed by atoms with Crippen LogP contribution >= 0.6 is 0 Å². The molecule has 0 saturated heterocycles. The van der Waals surface area contributed by atoms with Gasteiger partial charge in [0.15, 0.2) is 17.5 Å². The Labute approximate surface area is 319 Å². The molecule has 0 saturated carbocycles. The fourth-order valence-electron chi connectivity index (χ4n) is 8.99. The number of benzene rings is 9. The van der Waals surface area contributed by atoms with Crippen LogP contribution in [0, 0.1) is 0 Å². The highest BCUT2D eigenvalue weighted by Crippen LogP contribution is 2.58. The van der Waals surface area contributed by atoms with Crippen LogP contribution in [0.2, 0.25) is 0 Å². The first-order chi connectivity index (χ1) is 27.3. The van der Waals surface area contributed by atoms with Crippen molar-refractivity contribution >= 4 is 32.3 Å². The van der Waals surface area contributed by atoms with Gasteiger partial charge in [0.2, 0.25) is 0 Å². The number of hydrogen-bond acceptors (Lipinski definition) is 3. The molecule has 0 radical (unpaired) electrons. The van der Waals surface area contributed by atoms with Gasteiger partial charge in [0.25, 0.3) is 0 Å².